The highest BCUT2D eigenvalue weighted by atomic mass is 32.1. The molecule has 0 aliphatic heterocycles. The number of carbonyl (C=O) groups excluding carboxylic acids is 1. The molecular formula is C19H20N2O2S. The monoisotopic (exact) mass is 340 g/mol. The van der Waals surface area contributed by atoms with E-state index in [1.165, 1.54) is 0 Å². The number of thiazole rings is 1. The van der Waals surface area contributed by atoms with Crippen LogP contribution in [0.3, 0.4) is 0 Å². The van der Waals surface area contributed by atoms with E-state index in [0.29, 0.717) is 26.0 Å². The van der Waals surface area contributed by atoms with Gasteiger partial charge in [-0.2, -0.15) is 4.99 Å². The minimum absolute atomic E-state index is 0.0865. The Morgan fingerprint density at radius 3 is 2.67 bits per heavy atom. The maximum atomic E-state index is 12.3. The Morgan fingerprint density at radius 1 is 1.12 bits per heavy atom. The highest BCUT2D eigenvalue weighted by Gasteiger charge is 2.07. The van der Waals surface area contributed by atoms with Crippen molar-refractivity contribution >= 4 is 27.5 Å². The van der Waals surface area contributed by atoms with Crippen molar-refractivity contribution in [1.29, 1.82) is 0 Å². The molecule has 0 atom stereocenters. The van der Waals surface area contributed by atoms with Crippen molar-refractivity contribution in [2.24, 2.45) is 4.99 Å². The molecule has 0 bridgehead atoms. The quantitative estimate of drug-likeness (QED) is 0.690. The summed E-state index contributed by atoms with van der Waals surface area (Å²) in [5, 5.41) is 0. The molecule has 24 heavy (non-hydrogen) atoms. The number of amides is 1. The third kappa shape index (κ3) is 3.99. The molecule has 2 aromatic carbocycles. The number of hydrogen-bond acceptors (Lipinski definition) is 3. The number of aromatic nitrogens is 1. The number of methoxy groups -OCH3 is 1. The second-order valence-electron chi connectivity index (χ2n) is 5.49. The zero-order valence-electron chi connectivity index (χ0n) is 13.6. The minimum atomic E-state index is -0.0865. The number of nitrogens with zero attached hydrogens (tertiary/aromatic N) is 2. The van der Waals surface area contributed by atoms with Gasteiger partial charge in [0.15, 0.2) is 4.80 Å². The number of carbonyl (C=O) groups is 1. The van der Waals surface area contributed by atoms with E-state index in [0.717, 1.165) is 20.6 Å². The Labute approximate surface area is 145 Å². The molecule has 0 fully saturated rings. The van der Waals surface area contributed by atoms with Crippen molar-refractivity contribution in [2.75, 3.05) is 13.7 Å². The van der Waals surface area contributed by atoms with E-state index in [9.17, 15) is 4.79 Å². The van der Waals surface area contributed by atoms with Crippen molar-refractivity contribution in [2.45, 2.75) is 19.4 Å². The SMILES string of the molecule is COCCn1/c(=N\C(=O)CCc2ccccc2)sc2ccccc21. The Bertz CT molecular complexity index is 881. The molecule has 5 heteroatoms. The molecule has 0 spiro atoms. The average molecular weight is 340 g/mol. The van der Waals surface area contributed by atoms with Gasteiger partial charge in [0.05, 0.1) is 16.8 Å². The first kappa shape index (κ1) is 16.6. The Kier molecular flexibility index (Phi) is 5.56. The predicted octanol–water partition coefficient (Wildman–Crippen LogP) is 3.41. The first-order valence-corrected chi connectivity index (χ1v) is 8.78. The summed E-state index contributed by atoms with van der Waals surface area (Å²) in [4.78, 5) is 17.4. The molecule has 1 heterocycles. The molecule has 3 aromatic rings. The lowest BCUT2D eigenvalue weighted by Gasteiger charge is -2.04. The van der Waals surface area contributed by atoms with Crippen molar-refractivity contribution < 1.29 is 9.53 Å². The normalized spacial score (nSPS) is 12.0. The van der Waals surface area contributed by atoms with Gasteiger partial charge in [-0.25, -0.2) is 0 Å². The van der Waals surface area contributed by atoms with Crippen molar-refractivity contribution in [3.63, 3.8) is 0 Å². The van der Waals surface area contributed by atoms with Gasteiger partial charge < -0.3 is 9.30 Å². The second kappa shape index (κ2) is 8.04. The Balaban J connectivity index is 1.84. The summed E-state index contributed by atoms with van der Waals surface area (Å²) in [5.74, 6) is -0.0865. The topological polar surface area (TPSA) is 43.6 Å². The minimum Gasteiger partial charge on any atom is -0.383 e. The van der Waals surface area contributed by atoms with Gasteiger partial charge in [-0.05, 0) is 24.1 Å². The second-order valence-corrected chi connectivity index (χ2v) is 6.50. The summed E-state index contributed by atoms with van der Waals surface area (Å²) in [6, 6.07) is 18.1. The third-order valence-electron chi connectivity index (χ3n) is 3.80. The smallest absolute Gasteiger partial charge is 0.248 e. The van der Waals surface area contributed by atoms with Crippen LogP contribution in [0.1, 0.15) is 12.0 Å². The van der Waals surface area contributed by atoms with Gasteiger partial charge in [0.25, 0.3) is 0 Å². The fourth-order valence-electron chi connectivity index (χ4n) is 2.56. The largest absolute Gasteiger partial charge is 0.383 e. The van der Waals surface area contributed by atoms with Crippen molar-refractivity contribution in [1.82, 2.24) is 4.57 Å². The van der Waals surface area contributed by atoms with Crippen LogP contribution in [0.2, 0.25) is 0 Å². The molecule has 1 aromatic heterocycles. The average Bonchev–Trinajstić information content (AvgIpc) is 2.96. The van der Waals surface area contributed by atoms with E-state index in [1.807, 2.05) is 42.5 Å². The lowest BCUT2D eigenvalue weighted by Crippen LogP contribution is -2.19. The van der Waals surface area contributed by atoms with Crippen LogP contribution in [0.5, 0.6) is 0 Å². The first-order valence-electron chi connectivity index (χ1n) is 7.97. The van der Waals surface area contributed by atoms with E-state index in [1.54, 1.807) is 18.4 Å². The maximum absolute atomic E-state index is 12.3. The number of rotatable bonds is 6. The fraction of sp³-hybridized carbons (Fsp3) is 0.263. The highest BCUT2D eigenvalue weighted by Crippen LogP contribution is 2.16. The highest BCUT2D eigenvalue weighted by molar-refractivity contribution is 7.16. The molecule has 0 saturated heterocycles. The fourth-order valence-corrected chi connectivity index (χ4v) is 3.64. The number of benzene rings is 2. The Hall–Kier alpha value is -2.24. The molecular weight excluding hydrogens is 320 g/mol. The van der Waals surface area contributed by atoms with Crippen LogP contribution in [0, 0.1) is 0 Å². The summed E-state index contributed by atoms with van der Waals surface area (Å²) in [6.07, 6.45) is 1.13. The zero-order valence-corrected chi connectivity index (χ0v) is 14.5. The first-order chi connectivity index (χ1) is 11.8. The van der Waals surface area contributed by atoms with Crippen LogP contribution in [-0.2, 0) is 22.5 Å². The van der Waals surface area contributed by atoms with Crippen LogP contribution in [0.4, 0.5) is 0 Å². The number of aryl methyl sites for hydroxylation is 1. The lowest BCUT2D eigenvalue weighted by molar-refractivity contribution is -0.118. The molecule has 0 N–H and O–H groups in total. The van der Waals surface area contributed by atoms with Gasteiger partial charge in [-0.1, -0.05) is 53.8 Å². The summed E-state index contributed by atoms with van der Waals surface area (Å²) < 4.78 is 8.37. The lowest BCUT2D eigenvalue weighted by atomic mass is 10.1. The van der Waals surface area contributed by atoms with Crippen LogP contribution in [0.15, 0.2) is 59.6 Å². The van der Waals surface area contributed by atoms with Crippen LogP contribution in [0.25, 0.3) is 10.2 Å². The van der Waals surface area contributed by atoms with Crippen LogP contribution in [-0.4, -0.2) is 24.2 Å². The molecule has 0 aliphatic rings. The molecule has 124 valence electrons. The zero-order chi connectivity index (χ0) is 16.8. The molecule has 1 amide bonds. The molecule has 0 saturated carbocycles. The van der Waals surface area contributed by atoms with Gasteiger partial charge in [0.2, 0.25) is 5.91 Å². The standard InChI is InChI=1S/C19H20N2O2S/c1-23-14-13-21-16-9-5-6-10-17(16)24-19(21)20-18(22)12-11-15-7-3-2-4-8-15/h2-10H,11-14H2,1H3/b20-19+. The van der Waals surface area contributed by atoms with E-state index in [4.69, 9.17) is 4.74 Å². The summed E-state index contributed by atoms with van der Waals surface area (Å²) >= 11 is 1.54. The molecule has 0 unspecified atom stereocenters. The summed E-state index contributed by atoms with van der Waals surface area (Å²) in [6.45, 7) is 1.28. The summed E-state index contributed by atoms with van der Waals surface area (Å²) in [7, 11) is 1.68. The molecule has 4 nitrogen and oxygen atoms in total. The molecule has 0 radical (unpaired) electrons. The summed E-state index contributed by atoms with van der Waals surface area (Å²) in [5.41, 5.74) is 2.25. The number of para-hydroxylation sites is 1. The van der Waals surface area contributed by atoms with Gasteiger partial charge in [-0.15, -0.1) is 0 Å². The van der Waals surface area contributed by atoms with Gasteiger partial charge in [-0.3, -0.25) is 4.79 Å². The van der Waals surface area contributed by atoms with Crippen molar-refractivity contribution in [3.05, 3.63) is 65.0 Å². The predicted molar refractivity (Wildman–Crippen MR) is 97.0 cm³/mol. The van der Waals surface area contributed by atoms with E-state index < -0.39 is 0 Å². The number of hydrogen-bond donors (Lipinski definition) is 0. The number of fused-ring (bicyclic) bond motifs is 1. The van der Waals surface area contributed by atoms with E-state index in [2.05, 4.69) is 21.7 Å². The molecule has 0 aliphatic carbocycles. The van der Waals surface area contributed by atoms with Crippen LogP contribution >= 0.6 is 11.3 Å². The number of ether oxygens (including phenoxy) is 1. The van der Waals surface area contributed by atoms with Gasteiger partial charge >= 0.3 is 0 Å². The van der Waals surface area contributed by atoms with Crippen molar-refractivity contribution in [3.8, 4) is 0 Å². The van der Waals surface area contributed by atoms with E-state index >= 15 is 0 Å². The van der Waals surface area contributed by atoms with Gasteiger partial charge in [0, 0.05) is 20.1 Å². The van der Waals surface area contributed by atoms with Gasteiger partial charge in [0.1, 0.15) is 0 Å². The maximum Gasteiger partial charge on any atom is 0.248 e. The van der Waals surface area contributed by atoms with E-state index in [-0.39, 0.29) is 5.91 Å². The Morgan fingerprint density at radius 2 is 1.88 bits per heavy atom. The molecule has 3 rings (SSSR count). The third-order valence-corrected chi connectivity index (χ3v) is 4.86. The van der Waals surface area contributed by atoms with Crippen LogP contribution < -0.4 is 4.80 Å².